The molecule has 2 saturated heterocycles. The molecule has 0 aromatic carbocycles. The summed E-state index contributed by atoms with van der Waals surface area (Å²) in [6.45, 7) is 6.70. The van der Waals surface area contributed by atoms with Crippen molar-refractivity contribution in [3.8, 4) is 0 Å². The molecule has 4 N–H and O–H groups in total. The van der Waals surface area contributed by atoms with E-state index in [4.69, 9.17) is 0 Å². The van der Waals surface area contributed by atoms with Gasteiger partial charge in [0.15, 0.2) is 0 Å². The van der Waals surface area contributed by atoms with E-state index in [2.05, 4.69) is 28.2 Å². The number of unbranched alkanes of at least 4 members (excludes halogenated alkanes) is 5. The number of thioether (sulfide) groups is 2. The Labute approximate surface area is 253 Å². The fourth-order valence-corrected chi connectivity index (χ4v) is 6.69. The second kappa shape index (κ2) is 22.5. The van der Waals surface area contributed by atoms with Gasteiger partial charge in [0.05, 0.1) is 10.5 Å². The summed E-state index contributed by atoms with van der Waals surface area (Å²) in [7, 11) is 0. The van der Waals surface area contributed by atoms with Crippen LogP contribution in [0, 0.1) is 0 Å². The molecule has 0 saturated carbocycles. The zero-order chi connectivity index (χ0) is 30.5. The summed E-state index contributed by atoms with van der Waals surface area (Å²) in [5.41, 5.74) is 0. The minimum atomic E-state index is -0.261. The zero-order valence-electron chi connectivity index (χ0n) is 25.0. The lowest BCUT2D eigenvalue weighted by Gasteiger charge is -2.17. The molecule has 0 bridgehead atoms. The average molecular weight is 615 g/mol. The number of rotatable bonds is 21. The standard InChI is InChI=1S/C27H44N4O6S2.C2H6/c1-2-19(29-23(33)13-6-4-10-16-39-21-18-25(35)31-27(21)37)11-7-8-14-28-22(32)12-5-3-9-15-38-20-17-24(34)30-26(20)36;1-2/h19-21H,2-18H2,1H3,(H,28,32)(H,29,33)(H,30,34,36)(H,31,35,37);1-2H3. The Kier molecular flexibility index (Phi) is 20.3. The molecule has 0 aliphatic carbocycles. The Hall–Kier alpha value is -2.08. The lowest BCUT2D eigenvalue weighted by atomic mass is 10.1. The number of hydrogen-bond donors (Lipinski definition) is 4. The van der Waals surface area contributed by atoms with E-state index in [1.165, 1.54) is 23.5 Å². The molecule has 0 radical (unpaired) electrons. The van der Waals surface area contributed by atoms with Crippen molar-refractivity contribution in [2.45, 2.75) is 127 Å². The van der Waals surface area contributed by atoms with Gasteiger partial charge in [0, 0.05) is 38.3 Å². The lowest BCUT2D eigenvalue weighted by Crippen LogP contribution is -2.34. The largest absolute Gasteiger partial charge is 0.356 e. The van der Waals surface area contributed by atoms with Gasteiger partial charge >= 0.3 is 0 Å². The number of hydrogen-bond acceptors (Lipinski definition) is 8. The Balaban J connectivity index is 0.00000411. The third-order valence-electron chi connectivity index (χ3n) is 6.75. The van der Waals surface area contributed by atoms with Gasteiger partial charge in [-0.25, -0.2) is 0 Å². The molecule has 2 heterocycles. The van der Waals surface area contributed by atoms with Gasteiger partial charge in [-0.3, -0.25) is 39.4 Å². The highest BCUT2D eigenvalue weighted by Gasteiger charge is 2.31. The molecule has 2 fully saturated rings. The van der Waals surface area contributed by atoms with E-state index in [9.17, 15) is 28.8 Å². The number of imide groups is 2. The third kappa shape index (κ3) is 16.8. The first kappa shape index (κ1) is 36.9. The van der Waals surface area contributed by atoms with E-state index in [1.807, 2.05) is 13.8 Å². The summed E-state index contributed by atoms with van der Waals surface area (Å²) in [6, 6.07) is 0.147. The normalized spacial score (nSPS) is 18.8. The number of carbonyl (C=O) groups is 6. The molecule has 3 unspecified atom stereocenters. The first-order valence-electron chi connectivity index (χ1n) is 15.2. The van der Waals surface area contributed by atoms with Crippen LogP contribution in [0.1, 0.15) is 111 Å². The second-order valence-corrected chi connectivity index (χ2v) is 12.7. The van der Waals surface area contributed by atoms with Crippen molar-refractivity contribution in [3.05, 3.63) is 0 Å². The quantitative estimate of drug-likeness (QED) is 0.113. The molecule has 2 aliphatic heterocycles. The molecule has 2 rings (SSSR count). The third-order valence-corrected chi connectivity index (χ3v) is 9.36. The van der Waals surface area contributed by atoms with Gasteiger partial charge in [0.1, 0.15) is 0 Å². The Bertz CT molecular complexity index is 857. The van der Waals surface area contributed by atoms with Crippen LogP contribution in [0.15, 0.2) is 0 Å². The minimum Gasteiger partial charge on any atom is -0.356 e. The van der Waals surface area contributed by atoms with Gasteiger partial charge < -0.3 is 10.6 Å². The zero-order valence-corrected chi connectivity index (χ0v) is 26.7. The monoisotopic (exact) mass is 614 g/mol. The molecule has 0 spiro atoms. The van der Waals surface area contributed by atoms with Crippen molar-refractivity contribution in [2.75, 3.05) is 18.1 Å². The highest BCUT2D eigenvalue weighted by Crippen LogP contribution is 2.22. The van der Waals surface area contributed by atoms with Crippen molar-refractivity contribution in [3.63, 3.8) is 0 Å². The number of amides is 6. The minimum absolute atomic E-state index is 0.0576. The molecule has 0 aromatic heterocycles. The van der Waals surface area contributed by atoms with Crippen LogP contribution in [0.2, 0.25) is 0 Å². The molecular weight excluding hydrogens is 564 g/mol. The van der Waals surface area contributed by atoms with Gasteiger partial charge in [-0.2, -0.15) is 0 Å². The van der Waals surface area contributed by atoms with Crippen molar-refractivity contribution in [2.24, 2.45) is 0 Å². The molecule has 0 aromatic rings. The predicted octanol–water partition coefficient (Wildman–Crippen LogP) is 3.61. The van der Waals surface area contributed by atoms with E-state index in [1.54, 1.807) is 0 Å². The maximum atomic E-state index is 12.3. The summed E-state index contributed by atoms with van der Waals surface area (Å²) in [6.07, 6.45) is 10.4. The van der Waals surface area contributed by atoms with E-state index in [-0.39, 0.29) is 64.8 Å². The van der Waals surface area contributed by atoms with Crippen molar-refractivity contribution in [1.29, 1.82) is 0 Å². The average Bonchev–Trinajstić information content (AvgIpc) is 3.45. The highest BCUT2D eigenvalue weighted by molar-refractivity contribution is 8.00. The van der Waals surface area contributed by atoms with E-state index < -0.39 is 0 Å². The first-order valence-corrected chi connectivity index (χ1v) is 17.3. The first-order chi connectivity index (χ1) is 19.8. The summed E-state index contributed by atoms with van der Waals surface area (Å²) in [4.78, 5) is 69.7. The van der Waals surface area contributed by atoms with E-state index >= 15 is 0 Å². The SMILES string of the molecule is CC.CCC(CCCCNC(=O)CCCCCSC1CC(=O)NC1=O)NC(=O)CCCCCSC1CC(=O)NC1=O. The van der Waals surface area contributed by atoms with Crippen LogP contribution in [0.5, 0.6) is 0 Å². The molecule has 6 amide bonds. The van der Waals surface area contributed by atoms with E-state index in [0.717, 1.165) is 75.7 Å². The second-order valence-electron chi connectivity index (χ2n) is 10.1. The fraction of sp³-hybridized carbons (Fsp3) is 0.793. The van der Waals surface area contributed by atoms with Crippen molar-refractivity contribution >= 4 is 59.0 Å². The van der Waals surface area contributed by atoms with Crippen LogP contribution in [-0.2, 0) is 28.8 Å². The molecule has 12 heteroatoms. The maximum Gasteiger partial charge on any atom is 0.240 e. The van der Waals surface area contributed by atoms with Crippen molar-refractivity contribution in [1.82, 2.24) is 21.3 Å². The van der Waals surface area contributed by atoms with Crippen LogP contribution in [-0.4, -0.2) is 70.0 Å². The van der Waals surface area contributed by atoms with Crippen LogP contribution in [0.3, 0.4) is 0 Å². The molecule has 41 heavy (non-hydrogen) atoms. The van der Waals surface area contributed by atoms with Crippen molar-refractivity contribution < 1.29 is 28.8 Å². The topological polar surface area (TPSA) is 151 Å². The smallest absolute Gasteiger partial charge is 0.240 e. The van der Waals surface area contributed by atoms with Gasteiger partial charge in [0.2, 0.25) is 35.4 Å². The van der Waals surface area contributed by atoms with E-state index in [0.29, 0.717) is 19.4 Å². The van der Waals surface area contributed by atoms with Gasteiger partial charge in [-0.1, -0.05) is 33.6 Å². The number of nitrogens with one attached hydrogen (secondary N) is 4. The van der Waals surface area contributed by atoms with Crippen LogP contribution in [0.25, 0.3) is 0 Å². The summed E-state index contributed by atoms with van der Waals surface area (Å²) in [5, 5.41) is 10.2. The summed E-state index contributed by atoms with van der Waals surface area (Å²) >= 11 is 3.03. The molecular formula is C29H50N4O6S2. The molecule has 3 atom stereocenters. The highest BCUT2D eigenvalue weighted by atomic mass is 32.2. The number of carbonyl (C=O) groups excluding carboxylic acids is 6. The van der Waals surface area contributed by atoms with Gasteiger partial charge in [0.25, 0.3) is 0 Å². The summed E-state index contributed by atoms with van der Waals surface area (Å²) in [5.74, 6) is 0.984. The Morgan fingerprint density at radius 2 is 1.27 bits per heavy atom. The summed E-state index contributed by atoms with van der Waals surface area (Å²) < 4.78 is 0. The van der Waals surface area contributed by atoms with Gasteiger partial charge in [-0.05, 0) is 62.9 Å². The fourth-order valence-electron chi connectivity index (χ4n) is 4.42. The lowest BCUT2D eigenvalue weighted by molar-refractivity contribution is -0.126. The maximum absolute atomic E-state index is 12.3. The van der Waals surface area contributed by atoms with Gasteiger partial charge in [-0.15, -0.1) is 23.5 Å². The molecule has 10 nitrogen and oxygen atoms in total. The molecule has 234 valence electrons. The Morgan fingerprint density at radius 1 is 0.756 bits per heavy atom. The predicted molar refractivity (Wildman–Crippen MR) is 165 cm³/mol. The van der Waals surface area contributed by atoms with Crippen LogP contribution in [0.4, 0.5) is 0 Å². The molecule has 2 aliphatic rings. The van der Waals surface area contributed by atoms with Crippen LogP contribution >= 0.6 is 23.5 Å². The Morgan fingerprint density at radius 3 is 1.73 bits per heavy atom. The van der Waals surface area contributed by atoms with Crippen LogP contribution < -0.4 is 21.3 Å².